The molecule has 9 heteroatoms. The van der Waals surface area contributed by atoms with E-state index in [0.717, 1.165) is 37.4 Å². The number of carbonyl (C=O) groups excluding carboxylic acids is 1. The van der Waals surface area contributed by atoms with Crippen LogP contribution in [0.1, 0.15) is 12.8 Å². The van der Waals surface area contributed by atoms with Gasteiger partial charge in [0.2, 0.25) is 0 Å². The standard InChI is InChI=1S/C18H24FN5O2S/c19-16-11-14(3-4-17(16)22-7-1-9-27-10-2-8-22)23-12-15(26-18(23)25)13-24-20-5-6-21-24/h3-5,11,15,21H,1-2,6-10,12-13H2. The molecule has 0 bridgehead atoms. The first-order chi connectivity index (χ1) is 13.2. The fraction of sp³-hybridized carbons (Fsp3) is 0.556. The molecule has 27 heavy (non-hydrogen) atoms. The van der Waals surface area contributed by atoms with E-state index < -0.39 is 6.09 Å². The Morgan fingerprint density at radius 1 is 1.30 bits per heavy atom. The molecule has 0 aromatic heterocycles. The summed E-state index contributed by atoms with van der Waals surface area (Å²) >= 11 is 1.97. The van der Waals surface area contributed by atoms with E-state index >= 15 is 0 Å². The monoisotopic (exact) mass is 393 g/mol. The van der Waals surface area contributed by atoms with Crippen molar-refractivity contribution in [3.05, 3.63) is 24.0 Å². The lowest BCUT2D eigenvalue weighted by molar-refractivity contribution is 0.0964. The van der Waals surface area contributed by atoms with Crippen LogP contribution in [0.3, 0.4) is 0 Å². The SMILES string of the molecule is O=C1OC(CN2N=CCN2)CN1c1ccc(N2CCCSCCC2)c(F)c1. The average Bonchev–Trinajstić information content (AvgIpc) is 3.25. The minimum Gasteiger partial charge on any atom is -0.442 e. The third kappa shape index (κ3) is 4.30. The lowest BCUT2D eigenvalue weighted by Crippen LogP contribution is -2.37. The molecule has 0 spiro atoms. The normalized spacial score (nSPS) is 23.5. The molecule has 146 valence electrons. The van der Waals surface area contributed by atoms with Crippen molar-refractivity contribution >= 4 is 35.4 Å². The van der Waals surface area contributed by atoms with Gasteiger partial charge in [-0.1, -0.05) is 0 Å². The van der Waals surface area contributed by atoms with Crippen molar-refractivity contribution in [3.63, 3.8) is 0 Å². The molecule has 2 fully saturated rings. The molecule has 1 unspecified atom stereocenters. The van der Waals surface area contributed by atoms with E-state index in [4.69, 9.17) is 4.74 Å². The average molecular weight is 393 g/mol. The molecule has 1 aromatic carbocycles. The Balaban J connectivity index is 1.43. The maximum atomic E-state index is 14.8. The molecule has 3 aliphatic rings. The molecule has 1 N–H and O–H groups in total. The molecular weight excluding hydrogens is 369 g/mol. The Kier molecular flexibility index (Phi) is 5.68. The van der Waals surface area contributed by atoms with Gasteiger partial charge in [-0.15, -0.1) is 0 Å². The number of nitrogens with zero attached hydrogens (tertiary/aromatic N) is 4. The molecule has 0 saturated carbocycles. The van der Waals surface area contributed by atoms with Crippen molar-refractivity contribution in [3.8, 4) is 0 Å². The quantitative estimate of drug-likeness (QED) is 0.847. The first-order valence-corrected chi connectivity index (χ1v) is 10.5. The Bertz CT molecular complexity index is 711. The van der Waals surface area contributed by atoms with Gasteiger partial charge >= 0.3 is 6.09 Å². The van der Waals surface area contributed by atoms with Crippen molar-refractivity contribution < 1.29 is 13.9 Å². The highest BCUT2D eigenvalue weighted by molar-refractivity contribution is 7.99. The largest absolute Gasteiger partial charge is 0.442 e. The van der Waals surface area contributed by atoms with Gasteiger partial charge in [-0.2, -0.15) is 16.9 Å². The number of rotatable bonds is 4. The highest BCUT2D eigenvalue weighted by atomic mass is 32.2. The van der Waals surface area contributed by atoms with E-state index in [-0.39, 0.29) is 11.9 Å². The van der Waals surface area contributed by atoms with Gasteiger partial charge in [-0.3, -0.25) is 4.90 Å². The number of hydrogen-bond donors (Lipinski definition) is 1. The van der Waals surface area contributed by atoms with Crippen LogP contribution in [0.2, 0.25) is 0 Å². The molecule has 4 rings (SSSR count). The number of carbonyl (C=O) groups is 1. The summed E-state index contributed by atoms with van der Waals surface area (Å²) in [7, 11) is 0. The Hall–Kier alpha value is -2.00. The van der Waals surface area contributed by atoms with Crippen LogP contribution < -0.4 is 15.2 Å². The summed E-state index contributed by atoms with van der Waals surface area (Å²) in [5, 5.41) is 5.79. The van der Waals surface area contributed by atoms with Crippen LogP contribution in [0.15, 0.2) is 23.3 Å². The van der Waals surface area contributed by atoms with Crippen LogP contribution in [0.25, 0.3) is 0 Å². The number of anilines is 2. The summed E-state index contributed by atoms with van der Waals surface area (Å²) in [4.78, 5) is 15.8. The van der Waals surface area contributed by atoms with Crippen LogP contribution in [0.5, 0.6) is 0 Å². The number of amides is 1. The predicted molar refractivity (Wildman–Crippen MR) is 106 cm³/mol. The second-order valence-corrected chi connectivity index (χ2v) is 8.03. The Morgan fingerprint density at radius 2 is 2.11 bits per heavy atom. The lowest BCUT2D eigenvalue weighted by atomic mass is 10.2. The van der Waals surface area contributed by atoms with Gasteiger partial charge < -0.3 is 9.64 Å². The summed E-state index contributed by atoms with van der Waals surface area (Å²) < 4.78 is 20.2. The molecule has 0 radical (unpaired) electrons. The molecule has 1 amide bonds. The first kappa shape index (κ1) is 18.4. The number of nitrogens with one attached hydrogen (secondary N) is 1. The molecule has 1 atom stereocenters. The summed E-state index contributed by atoms with van der Waals surface area (Å²) in [5.41, 5.74) is 4.20. The van der Waals surface area contributed by atoms with Crippen molar-refractivity contribution in [1.82, 2.24) is 10.5 Å². The molecule has 7 nitrogen and oxygen atoms in total. The van der Waals surface area contributed by atoms with Crippen LogP contribution in [0, 0.1) is 5.82 Å². The van der Waals surface area contributed by atoms with Gasteiger partial charge in [-0.05, 0) is 42.5 Å². The van der Waals surface area contributed by atoms with Crippen molar-refractivity contribution in [2.75, 3.05) is 54.0 Å². The number of thioether (sulfide) groups is 1. The molecule has 2 saturated heterocycles. The minimum absolute atomic E-state index is 0.289. The zero-order valence-corrected chi connectivity index (χ0v) is 16.0. The van der Waals surface area contributed by atoms with Crippen LogP contribution in [0.4, 0.5) is 20.6 Å². The smallest absolute Gasteiger partial charge is 0.414 e. The zero-order valence-electron chi connectivity index (χ0n) is 15.1. The number of hydrogen-bond acceptors (Lipinski definition) is 7. The van der Waals surface area contributed by atoms with E-state index in [1.165, 1.54) is 11.0 Å². The third-order valence-corrected chi connectivity index (χ3v) is 6.01. The fourth-order valence-corrected chi connectivity index (χ4v) is 4.42. The summed E-state index contributed by atoms with van der Waals surface area (Å²) in [5.74, 6) is 1.95. The predicted octanol–water partition coefficient (Wildman–Crippen LogP) is 2.29. The van der Waals surface area contributed by atoms with E-state index in [0.29, 0.717) is 31.0 Å². The van der Waals surface area contributed by atoms with E-state index in [1.54, 1.807) is 17.4 Å². The van der Waals surface area contributed by atoms with Crippen LogP contribution in [-0.4, -0.2) is 67.8 Å². The van der Waals surface area contributed by atoms with Gasteiger partial charge in [0.25, 0.3) is 0 Å². The number of ether oxygens (including phenoxy) is 1. The topological polar surface area (TPSA) is 60.4 Å². The number of halogens is 1. The van der Waals surface area contributed by atoms with Crippen molar-refractivity contribution in [2.45, 2.75) is 18.9 Å². The third-order valence-electron chi connectivity index (χ3n) is 4.85. The summed E-state index contributed by atoms with van der Waals surface area (Å²) in [6.07, 6.45) is 3.11. The number of hydrazine groups is 1. The van der Waals surface area contributed by atoms with Crippen molar-refractivity contribution in [1.29, 1.82) is 0 Å². The van der Waals surface area contributed by atoms with E-state index in [2.05, 4.69) is 15.4 Å². The maximum absolute atomic E-state index is 14.8. The summed E-state index contributed by atoms with van der Waals surface area (Å²) in [6.45, 7) is 3.24. The van der Waals surface area contributed by atoms with Gasteiger partial charge in [0.1, 0.15) is 11.9 Å². The molecule has 3 aliphatic heterocycles. The maximum Gasteiger partial charge on any atom is 0.414 e. The molecule has 0 aliphatic carbocycles. The van der Waals surface area contributed by atoms with E-state index in [9.17, 15) is 9.18 Å². The van der Waals surface area contributed by atoms with Gasteiger partial charge in [0.05, 0.1) is 31.0 Å². The molecular formula is C18H24FN5O2S. The minimum atomic E-state index is -0.446. The number of hydrazone groups is 1. The van der Waals surface area contributed by atoms with Gasteiger partial charge in [0.15, 0.2) is 0 Å². The second-order valence-electron chi connectivity index (χ2n) is 6.80. The first-order valence-electron chi connectivity index (χ1n) is 9.34. The fourth-order valence-electron chi connectivity index (χ4n) is 3.55. The van der Waals surface area contributed by atoms with E-state index in [1.807, 2.05) is 17.8 Å². The van der Waals surface area contributed by atoms with Crippen molar-refractivity contribution in [2.24, 2.45) is 5.10 Å². The Morgan fingerprint density at radius 3 is 2.81 bits per heavy atom. The molecule has 1 aromatic rings. The zero-order chi connectivity index (χ0) is 18.6. The highest BCUT2D eigenvalue weighted by Crippen LogP contribution is 2.29. The number of cyclic esters (lactones) is 1. The van der Waals surface area contributed by atoms with Gasteiger partial charge in [-0.25, -0.2) is 19.7 Å². The summed E-state index contributed by atoms with van der Waals surface area (Å²) in [6, 6.07) is 5.03. The van der Waals surface area contributed by atoms with Crippen LogP contribution in [-0.2, 0) is 4.74 Å². The van der Waals surface area contributed by atoms with Crippen LogP contribution >= 0.6 is 11.8 Å². The lowest BCUT2D eigenvalue weighted by Gasteiger charge is -2.27. The number of benzene rings is 1. The molecule has 3 heterocycles. The second kappa shape index (κ2) is 8.35. The Labute approximate surface area is 162 Å². The van der Waals surface area contributed by atoms with Gasteiger partial charge in [0, 0.05) is 19.3 Å². The highest BCUT2D eigenvalue weighted by Gasteiger charge is 2.34.